The molecule has 1 aliphatic carbocycles. The first-order chi connectivity index (χ1) is 14.9. The van der Waals surface area contributed by atoms with Gasteiger partial charge in [0.25, 0.3) is 5.91 Å². The number of rotatable bonds is 6. The van der Waals surface area contributed by atoms with Crippen LogP contribution >= 0.6 is 0 Å². The fourth-order valence-corrected chi connectivity index (χ4v) is 4.30. The molecule has 0 saturated heterocycles. The van der Waals surface area contributed by atoms with Crippen LogP contribution in [0.15, 0.2) is 54.9 Å². The Morgan fingerprint density at radius 3 is 2.77 bits per heavy atom. The van der Waals surface area contributed by atoms with Crippen molar-refractivity contribution in [3.63, 3.8) is 0 Å². The first-order valence-electron chi connectivity index (χ1n) is 10.5. The number of aromatic amines is 1. The number of amides is 1. The third-order valence-corrected chi connectivity index (χ3v) is 5.78. The highest BCUT2D eigenvalue weighted by Crippen LogP contribution is 2.29. The van der Waals surface area contributed by atoms with E-state index in [1.54, 1.807) is 24.5 Å². The van der Waals surface area contributed by atoms with Gasteiger partial charge in [0.05, 0.1) is 0 Å². The van der Waals surface area contributed by atoms with Crippen LogP contribution in [0.5, 0.6) is 0 Å². The number of fused-ring (bicyclic) bond motifs is 1. The first kappa shape index (κ1) is 21.4. The Labute approximate surface area is 178 Å². The molecule has 2 atom stereocenters. The minimum atomic E-state index is -4.46. The van der Waals surface area contributed by atoms with E-state index in [0.29, 0.717) is 19.4 Å². The van der Waals surface area contributed by atoms with Gasteiger partial charge in [-0.1, -0.05) is 24.3 Å². The second kappa shape index (κ2) is 9.09. The van der Waals surface area contributed by atoms with Crippen LogP contribution in [0.1, 0.15) is 41.7 Å². The molecular weight excluding hydrogens is 405 g/mol. The number of para-hydroxylation sites is 1. The van der Waals surface area contributed by atoms with Crippen molar-refractivity contribution in [2.24, 2.45) is 0 Å². The van der Waals surface area contributed by atoms with Gasteiger partial charge >= 0.3 is 6.18 Å². The number of benzene rings is 1. The number of hydrogen-bond acceptors (Lipinski definition) is 3. The molecule has 31 heavy (non-hydrogen) atoms. The maximum Gasteiger partial charge on any atom is 0.406 e. The lowest BCUT2D eigenvalue weighted by atomic mass is 9.89. The lowest BCUT2D eigenvalue weighted by Gasteiger charge is -2.38. The molecule has 0 radical (unpaired) electrons. The molecule has 0 spiro atoms. The molecule has 1 aliphatic rings. The number of pyridine rings is 1. The smallest absolute Gasteiger partial charge is 0.351 e. The molecule has 1 amide bonds. The summed E-state index contributed by atoms with van der Waals surface area (Å²) in [5.41, 5.74) is 1.94. The predicted molar refractivity (Wildman–Crippen MR) is 113 cm³/mol. The summed E-state index contributed by atoms with van der Waals surface area (Å²) >= 11 is 0. The van der Waals surface area contributed by atoms with E-state index in [4.69, 9.17) is 0 Å². The van der Waals surface area contributed by atoms with Crippen molar-refractivity contribution in [2.75, 3.05) is 6.54 Å². The van der Waals surface area contributed by atoms with E-state index in [1.807, 2.05) is 30.3 Å². The minimum absolute atomic E-state index is 0.0465. The van der Waals surface area contributed by atoms with Gasteiger partial charge in [-0.3, -0.25) is 9.78 Å². The summed E-state index contributed by atoms with van der Waals surface area (Å²) in [6, 6.07) is 12.3. The number of halogens is 3. The third kappa shape index (κ3) is 5.44. The summed E-state index contributed by atoms with van der Waals surface area (Å²) in [6.07, 6.45) is 1.70. The maximum atomic E-state index is 13.4. The highest BCUT2D eigenvalue weighted by molar-refractivity contribution is 5.98. The average molecular weight is 430 g/mol. The van der Waals surface area contributed by atoms with Crippen molar-refractivity contribution >= 4 is 16.8 Å². The van der Waals surface area contributed by atoms with Crippen LogP contribution in [0.2, 0.25) is 0 Å². The lowest BCUT2D eigenvalue weighted by molar-refractivity contribution is -0.146. The van der Waals surface area contributed by atoms with Crippen molar-refractivity contribution in [1.29, 1.82) is 0 Å². The number of alkyl halides is 3. The van der Waals surface area contributed by atoms with Crippen LogP contribution in [0, 0.1) is 0 Å². The Balaban J connectivity index is 1.50. The molecule has 0 bridgehead atoms. The summed E-state index contributed by atoms with van der Waals surface area (Å²) in [4.78, 5) is 21.2. The normalized spacial score (nSPS) is 19.5. The molecule has 4 rings (SSSR count). The number of hydrogen-bond donors (Lipinski definition) is 2. The fourth-order valence-electron chi connectivity index (χ4n) is 4.30. The molecule has 1 aromatic carbocycles. The zero-order valence-electron chi connectivity index (χ0n) is 17.0. The van der Waals surface area contributed by atoms with Crippen LogP contribution in [0.25, 0.3) is 10.9 Å². The van der Waals surface area contributed by atoms with E-state index in [0.717, 1.165) is 34.2 Å². The zero-order chi connectivity index (χ0) is 21.8. The molecule has 1 fully saturated rings. The van der Waals surface area contributed by atoms with Gasteiger partial charge in [0.15, 0.2) is 0 Å². The average Bonchev–Trinajstić information content (AvgIpc) is 3.20. The monoisotopic (exact) mass is 430 g/mol. The van der Waals surface area contributed by atoms with Crippen molar-refractivity contribution in [3.05, 3.63) is 66.1 Å². The summed E-state index contributed by atoms with van der Waals surface area (Å²) in [5, 5.41) is 4.22. The minimum Gasteiger partial charge on any atom is -0.351 e. The van der Waals surface area contributed by atoms with Crippen LogP contribution in [0.4, 0.5) is 13.2 Å². The first-order valence-corrected chi connectivity index (χ1v) is 10.5. The quantitative estimate of drug-likeness (QED) is 0.598. The standard InChI is InChI=1S/C23H25F3N4O/c24-23(25,26)15-30(22(31)21-11-17-6-1-2-9-20(17)29-21)19-8-3-7-18(12-19)28-14-16-5-4-10-27-13-16/h1-2,4-6,9-11,13,18-19,28-29H,3,7-8,12,14-15H2/t18-,19+/m1/s1. The third-order valence-electron chi connectivity index (χ3n) is 5.78. The number of H-pyrrole nitrogens is 1. The van der Waals surface area contributed by atoms with E-state index in [-0.39, 0.29) is 11.7 Å². The molecule has 164 valence electrons. The highest BCUT2D eigenvalue weighted by atomic mass is 19.4. The number of aromatic nitrogens is 2. The molecule has 2 heterocycles. The Morgan fingerprint density at radius 1 is 1.19 bits per heavy atom. The van der Waals surface area contributed by atoms with E-state index in [9.17, 15) is 18.0 Å². The molecule has 2 N–H and O–H groups in total. The van der Waals surface area contributed by atoms with Gasteiger partial charge in [-0.15, -0.1) is 0 Å². The second-order valence-electron chi connectivity index (χ2n) is 8.08. The molecule has 0 aliphatic heterocycles. The van der Waals surface area contributed by atoms with E-state index in [2.05, 4.69) is 15.3 Å². The lowest BCUT2D eigenvalue weighted by Crippen LogP contribution is -2.50. The Kier molecular flexibility index (Phi) is 6.27. The van der Waals surface area contributed by atoms with Crippen molar-refractivity contribution in [2.45, 2.75) is 50.5 Å². The maximum absolute atomic E-state index is 13.4. The largest absolute Gasteiger partial charge is 0.406 e. The van der Waals surface area contributed by atoms with Crippen LogP contribution in [-0.2, 0) is 6.54 Å². The highest BCUT2D eigenvalue weighted by Gasteiger charge is 2.39. The van der Waals surface area contributed by atoms with Gasteiger partial charge in [-0.2, -0.15) is 13.2 Å². The van der Waals surface area contributed by atoms with Crippen LogP contribution < -0.4 is 5.32 Å². The van der Waals surface area contributed by atoms with Gasteiger partial charge in [-0.25, -0.2) is 0 Å². The molecule has 0 unspecified atom stereocenters. The van der Waals surface area contributed by atoms with Crippen LogP contribution in [0.3, 0.4) is 0 Å². The topological polar surface area (TPSA) is 61.0 Å². The molecule has 5 nitrogen and oxygen atoms in total. The van der Waals surface area contributed by atoms with E-state index < -0.39 is 24.7 Å². The Morgan fingerprint density at radius 2 is 2.03 bits per heavy atom. The van der Waals surface area contributed by atoms with E-state index >= 15 is 0 Å². The predicted octanol–water partition coefficient (Wildman–Crippen LogP) is 4.67. The summed E-state index contributed by atoms with van der Waals surface area (Å²) < 4.78 is 40.1. The van der Waals surface area contributed by atoms with Crippen molar-refractivity contribution in [3.8, 4) is 0 Å². The summed E-state index contributed by atoms with van der Waals surface area (Å²) in [7, 11) is 0. The van der Waals surface area contributed by atoms with Crippen LogP contribution in [-0.4, -0.2) is 45.6 Å². The van der Waals surface area contributed by atoms with Gasteiger partial charge in [0.1, 0.15) is 12.2 Å². The molecular formula is C23H25F3N4O. The summed E-state index contributed by atoms with van der Waals surface area (Å²) in [6.45, 7) is -0.651. The van der Waals surface area contributed by atoms with E-state index in [1.165, 1.54) is 0 Å². The molecule has 8 heteroatoms. The van der Waals surface area contributed by atoms with Crippen molar-refractivity contribution in [1.82, 2.24) is 20.2 Å². The summed E-state index contributed by atoms with van der Waals surface area (Å²) in [5.74, 6) is -0.605. The molecule has 3 aromatic rings. The number of nitrogens with one attached hydrogen (secondary N) is 2. The molecule has 2 aromatic heterocycles. The molecule has 1 saturated carbocycles. The number of carbonyl (C=O) groups excluding carboxylic acids is 1. The zero-order valence-corrected chi connectivity index (χ0v) is 17.0. The Hall–Kier alpha value is -2.87. The second-order valence-corrected chi connectivity index (χ2v) is 8.08. The SMILES string of the molecule is O=C(c1cc2ccccc2[nH]1)N(CC(F)(F)F)[C@H]1CCC[C@@H](NCc2cccnc2)C1. The number of nitrogens with zero attached hydrogens (tertiary/aromatic N) is 2. The van der Waals surface area contributed by atoms with Gasteiger partial charge in [0.2, 0.25) is 0 Å². The van der Waals surface area contributed by atoms with Gasteiger partial charge < -0.3 is 15.2 Å². The Bertz CT molecular complexity index is 985. The van der Waals surface area contributed by atoms with Crippen molar-refractivity contribution < 1.29 is 18.0 Å². The van der Waals surface area contributed by atoms with Gasteiger partial charge in [0, 0.05) is 41.9 Å². The fraction of sp³-hybridized carbons (Fsp3) is 0.391. The van der Waals surface area contributed by atoms with Gasteiger partial charge in [-0.05, 0) is 49.4 Å². The number of carbonyl (C=O) groups is 1.